The van der Waals surface area contributed by atoms with Crippen molar-refractivity contribution >= 4 is 17.5 Å². The lowest BCUT2D eigenvalue weighted by Gasteiger charge is -2.47. The van der Waals surface area contributed by atoms with Crippen molar-refractivity contribution in [3.05, 3.63) is 0 Å². The minimum Gasteiger partial charge on any atom is -0.342 e. The van der Waals surface area contributed by atoms with E-state index in [0.717, 1.165) is 58.5 Å². The fourth-order valence-electron chi connectivity index (χ4n) is 5.73. The number of rotatable bonds is 5. The van der Waals surface area contributed by atoms with Crippen LogP contribution in [-0.2, 0) is 4.79 Å². The summed E-state index contributed by atoms with van der Waals surface area (Å²) in [4.78, 5) is 16.9. The van der Waals surface area contributed by atoms with Crippen LogP contribution in [0.3, 0.4) is 0 Å². The van der Waals surface area contributed by atoms with Gasteiger partial charge in [0.25, 0.3) is 0 Å². The van der Waals surface area contributed by atoms with Gasteiger partial charge < -0.3 is 16.0 Å². The number of nitrogens with zero attached hydrogens (tertiary/aromatic N) is 2. The van der Waals surface area contributed by atoms with Crippen LogP contribution in [0.5, 0.6) is 0 Å². The molecule has 0 aromatic carbocycles. The highest BCUT2D eigenvalue weighted by Crippen LogP contribution is 2.35. The third kappa shape index (κ3) is 4.51. The van der Waals surface area contributed by atoms with Gasteiger partial charge in [0, 0.05) is 50.4 Å². The standard InChI is InChI=1S/C21H38ClN5O/c1-14-4-5-16(9-18(14)22)20-24-11-17(13-26-7-2-3-19(26)28)21(25-20)27-8-6-15(10-23)12-27/h14-18,20-21,24-25H,2-13,23H2,1H3. The SMILES string of the molecule is CC1CCC(C2NCC(CN3CCCC3=O)C(N3CCC(CN)C3)N2)CC1Cl. The topological polar surface area (TPSA) is 73.6 Å². The second-order valence-electron chi connectivity index (χ2n) is 9.65. The number of hydrogen-bond donors (Lipinski definition) is 3. The van der Waals surface area contributed by atoms with Crippen molar-refractivity contribution in [3.63, 3.8) is 0 Å². The lowest BCUT2D eigenvalue weighted by Crippen LogP contribution is -2.67. The van der Waals surface area contributed by atoms with Crippen molar-refractivity contribution in [1.82, 2.24) is 20.4 Å². The van der Waals surface area contributed by atoms with E-state index in [1.165, 1.54) is 19.3 Å². The van der Waals surface area contributed by atoms with Crippen molar-refractivity contribution in [1.29, 1.82) is 0 Å². The summed E-state index contributed by atoms with van der Waals surface area (Å²) in [5.41, 5.74) is 5.96. The first kappa shape index (κ1) is 20.9. The molecule has 7 heteroatoms. The highest BCUT2D eigenvalue weighted by molar-refractivity contribution is 6.20. The Kier molecular flexibility index (Phi) is 6.83. The number of hydrogen-bond acceptors (Lipinski definition) is 5. The highest BCUT2D eigenvalue weighted by Gasteiger charge is 2.41. The molecule has 0 radical (unpaired) electrons. The van der Waals surface area contributed by atoms with Crippen LogP contribution in [0, 0.1) is 23.7 Å². The van der Waals surface area contributed by atoms with Gasteiger partial charge in [-0.3, -0.25) is 15.0 Å². The Labute approximate surface area is 174 Å². The molecule has 4 N–H and O–H groups in total. The van der Waals surface area contributed by atoms with Crippen LogP contribution >= 0.6 is 11.6 Å². The fourth-order valence-corrected chi connectivity index (χ4v) is 6.08. The minimum absolute atomic E-state index is 0.286. The Hall–Kier alpha value is -0.400. The molecule has 7 atom stereocenters. The first-order valence-electron chi connectivity index (χ1n) is 11.4. The number of halogens is 1. The number of nitrogens with one attached hydrogen (secondary N) is 2. The summed E-state index contributed by atoms with van der Waals surface area (Å²) in [6.45, 7) is 7.98. The van der Waals surface area contributed by atoms with Crippen molar-refractivity contribution in [3.8, 4) is 0 Å². The van der Waals surface area contributed by atoms with Crippen LogP contribution in [0.2, 0.25) is 0 Å². The van der Waals surface area contributed by atoms with Crippen LogP contribution in [0.4, 0.5) is 0 Å². The first-order chi connectivity index (χ1) is 13.5. The highest BCUT2D eigenvalue weighted by atomic mass is 35.5. The number of nitrogens with two attached hydrogens (primary N) is 1. The Bertz CT molecular complexity index is 549. The average molecular weight is 412 g/mol. The maximum Gasteiger partial charge on any atom is 0.222 e. The van der Waals surface area contributed by atoms with E-state index < -0.39 is 0 Å². The molecular weight excluding hydrogens is 374 g/mol. The molecule has 4 rings (SSSR count). The molecule has 1 amide bonds. The van der Waals surface area contributed by atoms with Crippen LogP contribution in [-0.4, -0.2) is 72.7 Å². The lowest BCUT2D eigenvalue weighted by atomic mass is 9.80. The van der Waals surface area contributed by atoms with Crippen LogP contribution in [0.1, 0.15) is 45.4 Å². The Morgan fingerprint density at radius 3 is 2.79 bits per heavy atom. The number of likely N-dealkylation sites (tertiary alicyclic amines) is 2. The molecule has 3 saturated heterocycles. The normalized spacial score (nSPS) is 43.0. The van der Waals surface area contributed by atoms with Gasteiger partial charge in [-0.1, -0.05) is 6.92 Å². The summed E-state index contributed by atoms with van der Waals surface area (Å²) in [6, 6.07) is 0. The molecule has 0 aromatic heterocycles. The lowest BCUT2D eigenvalue weighted by molar-refractivity contribution is -0.128. The fraction of sp³-hybridized carbons (Fsp3) is 0.952. The number of alkyl halides is 1. The van der Waals surface area contributed by atoms with Gasteiger partial charge in [-0.15, -0.1) is 11.6 Å². The van der Waals surface area contributed by atoms with Crippen LogP contribution in [0.15, 0.2) is 0 Å². The molecule has 0 spiro atoms. The smallest absolute Gasteiger partial charge is 0.222 e. The van der Waals surface area contributed by atoms with Crippen molar-refractivity contribution in [2.75, 3.05) is 39.3 Å². The molecule has 7 unspecified atom stereocenters. The summed E-state index contributed by atoms with van der Waals surface area (Å²) in [5, 5.41) is 8.03. The predicted molar refractivity (Wildman–Crippen MR) is 113 cm³/mol. The summed E-state index contributed by atoms with van der Waals surface area (Å²) in [7, 11) is 0. The zero-order chi connectivity index (χ0) is 19.7. The van der Waals surface area contributed by atoms with E-state index in [-0.39, 0.29) is 5.38 Å². The van der Waals surface area contributed by atoms with Gasteiger partial charge in [-0.2, -0.15) is 0 Å². The van der Waals surface area contributed by atoms with Gasteiger partial charge in [0.2, 0.25) is 5.91 Å². The third-order valence-corrected chi connectivity index (χ3v) is 8.28. The van der Waals surface area contributed by atoms with Gasteiger partial charge in [0.1, 0.15) is 0 Å². The van der Waals surface area contributed by atoms with Crippen molar-refractivity contribution < 1.29 is 4.79 Å². The molecule has 0 aromatic rings. The number of carbonyl (C=O) groups excluding carboxylic acids is 1. The van der Waals surface area contributed by atoms with E-state index in [2.05, 4.69) is 27.4 Å². The summed E-state index contributed by atoms with van der Waals surface area (Å²) in [5.74, 6) is 2.56. The number of amides is 1. The van der Waals surface area contributed by atoms with E-state index in [4.69, 9.17) is 17.3 Å². The maximum absolute atomic E-state index is 12.2. The van der Waals surface area contributed by atoms with Gasteiger partial charge in [-0.05, 0) is 56.4 Å². The Morgan fingerprint density at radius 1 is 1.25 bits per heavy atom. The van der Waals surface area contributed by atoms with Crippen LogP contribution < -0.4 is 16.4 Å². The molecule has 1 aliphatic carbocycles. The molecule has 160 valence electrons. The van der Waals surface area contributed by atoms with Crippen molar-refractivity contribution in [2.45, 2.75) is 63.2 Å². The number of carbonyl (C=O) groups is 1. The Balaban J connectivity index is 1.43. The van der Waals surface area contributed by atoms with Crippen LogP contribution in [0.25, 0.3) is 0 Å². The molecule has 6 nitrogen and oxygen atoms in total. The molecule has 4 aliphatic rings. The first-order valence-corrected chi connectivity index (χ1v) is 11.8. The molecule has 0 bridgehead atoms. The Morgan fingerprint density at radius 2 is 2.11 bits per heavy atom. The van der Waals surface area contributed by atoms with E-state index >= 15 is 0 Å². The zero-order valence-corrected chi connectivity index (χ0v) is 18.0. The van der Waals surface area contributed by atoms with Gasteiger partial charge >= 0.3 is 0 Å². The molecule has 3 aliphatic heterocycles. The zero-order valence-electron chi connectivity index (χ0n) is 17.3. The summed E-state index contributed by atoms with van der Waals surface area (Å²) < 4.78 is 0. The molecule has 4 fully saturated rings. The summed E-state index contributed by atoms with van der Waals surface area (Å²) >= 11 is 6.62. The molecular formula is C21H38ClN5O. The largest absolute Gasteiger partial charge is 0.342 e. The summed E-state index contributed by atoms with van der Waals surface area (Å²) in [6.07, 6.45) is 7.10. The van der Waals surface area contributed by atoms with Crippen molar-refractivity contribution in [2.24, 2.45) is 29.4 Å². The molecule has 28 heavy (non-hydrogen) atoms. The van der Waals surface area contributed by atoms with E-state index in [1.54, 1.807) is 0 Å². The van der Waals surface area contributed by atoms with E-state index in [1.807, 2.05) is 0 Å². The van der Waals surface area contributed by atoms with E-state index in [0.29, 0.717) is 41.9 Å². The second-order valence-corrected chi connectivity index (χ2v) is 10.2. The molecule has 1 saturated carbocycles. The quantitative estimate of drug-likeness (QED) is 0.596. The maximum atomic E-state index is 12.2. The third-order valence-electron chi connectivity index (χ3n) is 7.68. The van der Waals surface area contributed by atoms with Gasteiger partial charge in [0.15, 0.2) is 0 Å². The van der Waals surface area contributed by atoms with Gasteiger partial charge in [-0.25, -0.2) is 0 Å². The second kappa shape index (κ2) is 9.17. The minimum atomic E-state index is 0.286. The monoisotopic (exact) mass is 411 g/mol. The van der Waals surface area contributed by atoms with Gasteiger partial charge in [0.05, 0.1) is 12.3 Å². The van der Waals surface area contributed by atoms with E-state index in [9.17, 15) is 4.79 Å². The average Bonchev–Trinajstić information content (AvgIpc) is 3.34. The molecule has 3 heterocycles. The predicted octanol–water partition coefficient (Wildman–Crippen LogP) is 1.39.